The van der Waals surface area contributed by atoms with Crippen molar-refractivity contribution >= 4 is 39.4 Å². The van der Waals surface area contributed by atoms with Gasteiger partial charge in [0.2, 0.25) is 27.7 Å². The zero-order valence-electron chi connectivity index (χ0n) is 37.6. The first-order chi connectivity index (χ1) is 27.7. The zero-order valence-corrected chi connectivity index (χ0v) is 38.4. The van der Waals surface area contributed by atoms with Gasteiger partial charge in [-0.3, -0.25) is 33.6 Å². The van der Waals surface area contributed by atoms with Gasteiger partial charge in [0.25, 0.3) is 5.91 Å². The molecule has 2 N–H and O–H groups in total. The lowest BCUT2D eigenvalue weighted by molar-refractivity contribution is -0.149. The minimum atomic E-state index is -3.86. The second-order valence-corrected chi connectivity index (χ2v) is 19.7. The fourth-order valence-corrected chi connectivity index (χ4v) is 10.2. The molecule has 0 radical (unpaired) electrons. The van der Waals surface area contributed by atoms with Crippen molar-refractivity contribution in [2.45, 2.75) is 141 Å². The van der Waals surface area contributed by atoms with Gasteiger partial charge in [-0.25, -0.2) is 8.42 Å². The Kier molecular flexibility index (Phi) is 19.0. The highest BCUT2D eigenvalue weighted by atomic mass is 32.2. The second-order valence-electron chi connectivity index (χ2n) is 17.7. The van der Waals surface area contributed by atoms with E-state index in [0.717, 1.165) is 12.0 Å². The summed E-state index contributed by atoms with van der Waals surface area (Å²) in [7, 11) is 4.68. The maximum Gasteiger partial charge on any atom is 0.256 e. The van der Waals surface area contributed by atoms with E-state index in [1.165, 1.54) is 7.11 Å². The smallest absolute Gasteiger partial charge is 0.256 e. The lowest BCUT2D eigenvalue weighted by Gasteiger charge is -2.41. The molecule has 1 heterocycles. The van der Waals surface area contributed by atoms with Crippen molar-refractivity contribution in [1.29, 1.82) is 0 Å². The molecule has 0 spiro atoms. The Balaban J connectivity index is 1.80. The van der Waals surface area contributed by atoms with E-state index in [0.29, 0.717) is 32.2 Å². The van der Waals surface area contributed by atoms with Crippen LogP contribution in [0.15, 0.2) is 30.3 Å². The van der Waals surface area contributed by atoms with E-state index in [-0.39, 0.29) is 60.7 Å². The van der Waals surface area contributed by atoms with Crippen LogP contribution < -0.4 is 10.0 Å². The molecule has 14 nitrogen and oxygen atoms in total. The number of methoxy groups -OCH3 is 2. The number of Topliss-reactive ketones (excluding diaryl/α,β-unsaturated/α-hetero) is 1. The summed E-state index contributed by atoms with van der Waals surface area (Å²) in [5.41, 5.74) is 0.744. The number of hydrogen-bond donors (Lipinski definition) is 2. The van der Waals surface area contributed by atoms with Crippen LogP contribution in [0.2, 0.25) is 0 Å². The van der Waals surface area contributed by atoms with Gasteiger partial charge in [0.15, 0.2) is 5.78 Å². The number of likely N-dealkylation sites (N-methyl/N-ethyl adjacent to an activating group) is 2. The molecular weight excluding hydrogens is 775 g/mol. The molecule has 0 bridgehead atoms. The molecule has 1 saturated carbocycles. The van der Waals surface area contributed by atoms with E-state index in [1.54, 1.807) is 55.1 Å². The highest BCUT2D eigenvalue weighted by Gasteiger charge is 2.44. The van der Waals surface area contributed by atoms with Gasteiger partial charge in [-0.05, 0) is 63.1 Å². The summed E-state index contributed by atoms with van der Waals surface area (Å²) in [6.45, 7) is 14.1. The molecule has 15 heteroatoms. The van der Waals surface area contributed by atoms with Gasteiger partial charge in [0, 0.05) is 46.6 Å². The molecule has 1 aromatic carbocycles. The van der Waals surface area contributed by atoms with Crippen LogP contribution in [-0.4, -0.2) is 136 Å². The lowest BCUT2D eigenvalue weighted by Crippen LogP contribution is -2.55. The van der Waals surface area contributed by atoms with Crippen molar-refractivity contribution in [1.82, 2.24) is 24.7 Å². The Morgan fingerprint density at radius 2 is 1.49 bits per heavy atom. The molecule has 0 aromatic heterocycles. The number of sulfonamides is 1. The minimum absolute atomic E-state index is 0.0211. The maximum absolute atomic E-state index is 14.3. The van der Waals surface area contributed by atoms with Crippen molar-refractivity contribution in [3.05, 3.63) is 35.9 Å². The highest BCUT2D eigenvalue weighted by Crippen LogP contribution is 2.31. The molecule has 1 aromatic rings. The van der Waals surface area contributed by atoms with Crippen LogP contribution >= 0.6 is 0 Å². The number of ether oxygens (including phenoxy) is 2. The summed E-state index contributed by atoms with van der Waals surface area (Å²) in [5.74, 6) is -3.07. The number of carbonyl (C=O) groups excluding carboxylic acids is 5. The molecule has 59 heavy (non-hydrogen) atoms. The third kappa shape index (κ3) is 13.3. The molecule has 1 aliphatic carbocycles. The van der Waals surface area contributed by atoms with E-state index in [2.05, 4.69) is 10.0 Å². The quantitative estimate of drug-likeness (QED) is 0.155. The molecule has 9 atom stereocenters. The van der Waals surface area contributed by atoms with Gasteiger partial charge in [0.1, 0.15) is 6.04 Å². The average Bonchev–Trinajstić information content (AvgIpc) is 3.94. The number of likely N-dealkylation sites (tertiary alicyclic amines) is 1. The largest absolute Gasteiger partial charge is 0.379 e. The highest BCUT2D eigenvalue weighted by molar-refractivity contribution is 7.90. The molecule has 2 aliphatic rings. The zero-order chi connectivity index (χ0) is 44.4. The standard InChI is InChI=1S/C44H73N5O9S/c1-13-29(6)40(48(10)44(54)33(27(2)3)25-36(50)39(28(4)5)47(8)9)37(57-11)26-38(51)49-23-17-20-35(49)41(58-12)30(7)42(52)45-34(24-31-18-15-14-16-19-31)43(53)46-59(55,56)32-21-22-32/h14-16,18-19,27-30,32-35,37,39-41H,13,17,20-26H2,1-12H3,(H,45,52)(H,46,53)/t29-,30+,33-,34-,35-,37+,39-,40?,41+/m0/s1. The third-order valence-corrected chi connectivity index (χ3v) is 14.3. The van der Waals surface area contributed by atoms with E-state index in [1.807, 2.05) is 66.6 Å². The number of carbonyl (C=O) groups is 5. The molecule has 334 valence electrons. The molecule has 2 fully saturated rings. The Morgan fingerprint density at radius 1 is 0.864 bits per heavy atom. The van der Waals surface area contributed by atoms with Crippen molar-refractivity contribution in [2.24, 2.45) is 29.6 Å². The van der Waals surface area contributed by atoms with Crippen molar-refractivity contribution in [3.63, 3.8) is 0 Å². The lowest BCUT2D eigenvalue weighted by atomic mass is 9.83. The first kappa shape index (κ1) is 50.0. The summed E-state index contributed by atoms with van der Waals surface area (Å²) < 4.78 is 39.5. The molecule has 4 amide bonds. The van der Waals surface area contributed by atoms with Crippen LogP contribution in [0, 0.1) is 29.6 Å². The number of hydrogen-bond acceptors (Lipinski definition) is 10. The maximum atomic E-state index is 14.3. The number of benzene rings is 1. The van der Waals surface area contributed by atoms with Crippen molar-refractivity contribution < 1.29 is 41.9 Å². The summed E-state index contributed by atoms with van der Waals surface area (Å²) >= 11 is 0. The van der Waals surface area contributed by atoms with E-state index >= 15 is 0 Å². The van der Waals surface area contributed by atoms with Gasteiger partial charge in [-0.15, -0.1) is 0 Å². The summed E-state index contributed by atoms with van der Waals surface area (Å²) in [4.78, 5) is 74.9. The number of nitrogens with zero attached hydrogens (tertiary/aromatic N) is 3. The predicted molar refractivity (Wildman–Crippen MR) is 229 cm³/mol. The van der Waals surface area contributed by atoms with Crippen LogP contribution in [-0.2, 0) is 49.9 Å². The van der Waals surface area contributed by atoms with Crippen molar-refractivity contribution in [3.8, 4) is 0 Å². The molecular formula is C44H73N5O9S. The topological polar surface area (TPSA) is 172 Å². The Bertz CT molecular complexity index is 1660. The van der Waals surface area contributed by atoms with Gasteiger partial charge >= 0.3 is 0 Å². The van der Waals surface area contributed by atoms with Crippen LogP contribution in [0.1, 0.15) is 99.0 Å². The first-order valence-electron chi connectivity index (χ1n) is 21.4. The molecule has 3 rings (SSSR count). The number of rotatable bonds is 24. The second kappa shape index (κ2) is 22.4. The predicted octanol–water partition coefficient (Wildman–Crippen LogP) is 4.06. The van der Waals surface area contributed by atoms with E-state index in [4.69, 9.17) is 9.47 Å². The summed E-state index contributed by atoms with van der Waals surface area (Å²) in [6, 6.07) is 6.62. The van der Waals surface area contributed by atoms with E-state index < -0.39 is 69.3 Å². The van der Waals surface area contributed by atoms with Crippen LogP contribution in [0.3, 0.4) is 0 Å². The van der Waals surface area contributed by atoms with Crippen LogP contribution in [0.5, 0.6) is 0 Å². The number of ketones is 1. The van der Waals surface area contributed by atoms with Crippen molar-refractivity contribution in [2.75, 3.05) is 41.9 Å². The third-order valence-electron chi connectivity index (χ3n) is 12.4. The normalized spacial score (nSPS) is 20.1. The van der Waals surface area contributed by atoms with Crippen LogP contribution in [0.4, 0.5) is 0 Å². The summed E-state index contributed by atoms with van der Waals surface area (Å²) in [5, 5.41) is 2.18. The monoisotopic (exact) mass is 848 g/mol. The van der Waals surface area contributed by atoms with E-state index in [9.17, 15) is 32.4 Å². The fourth-order valence-electron chi connectivity index (χ4n) is 8.80. The molecule has 1 unspecified atom stereocenters. The number of nitrogens with one attached hydrogen (secondary N) is 2. The summed E-state index contributed by atoms with van der Waals surface area (Å²) in [6.07, 6.45) is 1.71. The molecule has 1 saturated heterocycles. The molecule has 1 aliphatic heterocycles. The number of amides is 4. The SMILES string of the molecule is CC[C@H](C)C([C@@H](CC(=O)N1CCC[C@H]1[C@H](OC)[C@@H](C)C(=O)N[C@@H](Cc1ccccc1)C(=O)NS(=O)(=O)C1CC1)OC)N(C)C(=O)[C@@H](CC(=O)[C@H](C(C)C)N(C)C)C(C)C. The average molecular weight is 848 g/mol. The Morgan fingerprint density at radius 3 is 2.00 bits per heavy atom. The fraction of sp³-hybridized carbons (Fsp3) is 0.750. The minimum Gasteiger partial charge on any atom is -0.379 e. The van der Waals surface area contributed by atoms with Gasteiger partial charge in [-0.1, -0.05) is 85.2 Å². The Hall–Kier alpha value is -3.40. The van der Waals surface area contributed by atoms with Gasteiger partial charge in [0.05, 0.1) is 47.9 Å². The van der Waals surface area contributed by atoms with Gasteiger partial charge < -0.3 is 24.6 Å². The van der Waals surface area contributed by atoms with Crippen LogP contribution in [0.25, 0.3) is 0 Å². The van der Waals surface area contributed by atoms with Gasteiger partial charge in [-0.2, -0.15) is 0 Å². The first-order valence-corrected chi connectivity index (χ1v) is 23.0. The Labute approximate surface area is 353 Å².